The van der Waals surface area contributed by atoms with Crippen LogP contribution in [0.25, 0.3) is 0 Å². The van der Waals surface area contributed by atoms with Gasteiger partial charge in [-0.2, -0.15) is 0 Å². The van der Waals surface area contributed by atoms with Crippen molar-refractivity contribution < 1.29 is 14.0 Å². The highest BCUT2D eigenvalue weighted by Gasteiger charge is 2.40. The number of piperazine rings is 1. The Balaban J connectivity index is 1.92. The van der Waals surface area contributed by atoms with E-state index in [1.807, 2.05) is 0 Å². The second kappa shape index (κ2) is 7.82. The molecule has 1 N–H and O–H groups in total. The van der Waals surface area contributed by atoms with Crippen LogP contribution in [0.3, 0.4) is 0 Å². The number of esters is 1. The Hall–Kier alpha value is -0.473. The molecule has 0 bridgehead atoms. The van der Waals surface area contributed by atoms with Crippen LogP contribution in [0.15, 0.2) is 0 Å². The van der Waals surface area contributed by atoms with Crippen molar-refractivity contribution in [2.75, 3.05) is 53.0 Å². The van der Waals surface area contributed by atoms with E-state index in [1.54, 1.807) is 0 Å². The molecule has 0 aromatic heterocycles. The van der Waals surface area contributed by atoms with E-state index < -0.39 is 8.32 Å². The van der Waals surface area contributed by atoms with Crippen LogP contribution >= 0.6 is 0 Å². The van der Waals surface area contributed by atoms with Crippen molar-refractivity contribution in [2.45, 2.75) is 51.0 Å². The predicted octanol–water partition coefficient (Wildman–Crippen LogP) is 1.14. The zero-order valence-corrected chi connectivity index (χ0v) is 17.2. The van der Waals surface area contributed by atoms with Gasteiger partial charge in [-0.05, 0) is 18.1 Å². The van der Waals surface area contributed by atoms with E-state index >= 15 is 0 Å². The van der Waals surface area contributed by atoms with Crippen molar-refractivity contribution in [3.05, 3.63) is 0 Å². The molecule has 24 heavy (non-hydrogen) atoms. The highest BCUT2D eigenvalue weighted by Crippen LogP contribution is 2.36. The molecule has 2 aliphatic heterocycles. The first-order valence-electron chi connectivity index (χ1n) is 9.06. The first kappa shape index (κ1) is 19.8. The van der Waals surface area contributed by atoms with Gasteiger partial charge < -0.3 is 14.5 Å². The number of carbonyl (C=O) groups is 1. The fourth-order valence-electron chi connectivity index (χ4n) is 2.91. The predicted molar refractivity (Wildman–Crippen MR) is 98.8 cm³/mol. The van der Waals surface area contributed by atoms with E-state index in [0.717, 1.165) is 39.3 Å². The normalized spacial score (nSPS) is 22.9. The Morgan fingerprint density at radius 2 is 1.79 bits per heavy atom. The first-order valence-corrected chi connectivity index (χ1v) is 12.0. The summed E-state index contributed by atoms with van der Waals surface area (Å²) in [6.45, 7) is 17.6. The number of ether oxygens (including phenoxy) is 1. The SMILES string of the molecule is COC(=O)[C@@H](CO[Si](C)(C)C(C)(C)C)N1CCN(C2CNC2)CC1. The second-order valence-electron chi connectivity index (χ2n) is 8.49. The van der Waals surface area contributed by atoms with Crippen molar-refractivity contribution in [3.8, 4) is 0 Å². The molecule has 0 radical (unpaired) electrons. The Kier molecular flexibility index (Phi) is 6.47. The van der Waals surface area contributed by atoms with Crippen LogP contribution in [-0.2, 0) is 14.0 Å². The number of rotatable bonds is 6. The highest BCUT2D eigenvalue weighted by molar-refractivity contribution is 6.74. The van der Waals surface area contributed by atoms with Crippen LogP contribution in [0, 0.1) is 0 Å². The van der Waals surface area contributed by atoms with Gasteiger partial charge in [0.15, 0.2) is 8.32 Å². The Labute approximate surface area is 148 Å². The van der Waals surface area contributed by atoms with Gasteiger partial charge in [-0.1, -0.05) is 20.8 Å². The minimum absolute atomic E-state index is 0.142. The molecule has 0 saturated carbocycles. The van der Waals surface area contributed by atoms with Gasteiger partial charge in [-0.25, -0.2) is 0 Å². The molecule has 0 aromatic rings. The lowest BCUT2D eigenvalue weighted by atomic mass is 10.1. The van der Waals surface area contributed by atoms with Crippen LogP contribution in [0.1, 0.15) is 20.8 Å². The van der Waals surface area contributed by atoms with Gasteiger partial charge in [0.1, 0.15) is 6.04 Å². The monoisotopic (exact) mass is 357 g/mol. The van der Waals surface area contributed by atoms with Gasteiger partial charge in [0.25, 0.3) is 0 Å². The maximum atomic E-state index is 12.3. The summed E-state index contributed by atoms with van der Waals surface area (Å²) >= 11 is 0. The second-order valence-corrected chi connectivity index (χ2v) is 13.3. The van der Waals surface area contributed by atoms with E-state index in [2.05, 4.69) is 49.0 Å². The molecule has 7 heteroatoms. The topological polar surface area (TPSA) is 54.0 Å². The standard InChI is InChI=1S/C17H35N3O3Si/c1-17(2,3)24(5,6)23-13-15(16(21)22-4)20-9-7-19(8-10-20)14-11-18-12-14/h14-15,18H,7-13H2,1-6H3/t15-/m1/s1. The van der Waals surface area contributed by atoms with Gasteiger partial charge in [-0.3, -0.25) is 14.6 Å². The molecule has 6 nitrogen and oxygen atoms in total. The number of nitrogens with one attached hydrogen (secondary N) is 1. The van der Waals surface area contributed by atoms with Gasteiger partial charge in [0.2, 0.25) is 0 Å². The van der Waals surface area contributed by atoms with Crippen LogP contribution < -0.4 is 5.32 Å². The third-order valence-corrected chi connectivity index (χ3v) is 10.4. The lowest BCUT2D eigenvalue weighted by molar-refractivity contribution is -0.149. The smallest absolute Gasteiger partial charge is 0.325 e. The largest absolute Gasteiger partial charge is 0.468 e. The zero-order chi connectivity index (χ0) is 18.0. The molecule has 2 heterocycles. The van der Waals surface area contributed by atoms with Crippen molar-refractivity contribution in [2.24, 2.45) is 0 Å². The minimum atomic E-state index is -1.87. The average molecular weight is 358 g/mol. The minimum Gasteiger partial charge on any atom is -0.468 e. The van der Waals surface area contributed by atoms with Crippen molar-refractivity contribution in [3.63, 3.8) is 0 Å². The fraction of sp³-hybridized carbons (Fsp3) is 0.941. The molecule has 1 atom stereocenters. The summed E-state index contributed by atoms with van der Waals surface area (Å²) in [5.41, 5.74) is 0. The first-order chi connectivity index (χ1) is 11.2. The number of carbonyl (C=O) groups excluding carboxylic acids is 1. The molecule has 0 aliphatic carbocycles. The van der Waals surface area contributed by atoms with E-state index in [0.29, 0.717) is 12.6 Å². The molecular formula is C17H35N3O3Si. The molecule has 2 rings (SSSR count). The van der Waals surface area contributed by atoms with Crippen molar-refractivity contribution >= 4 is 14.3 Å². The highest BCUT2D eigenvalue weighted by atomic mass is 28.4. The molecule has 2 saturated heterocycles. The van der Waals surface area contributed by atoms with E-state index in [-0.39, 0.29) is 17.0 Å². The molecule has 0 unspecified atom stereocenters. The van der Waals surface area contributed by atoms with E-state index in [1.165, 1.54) is 7.11 Å². The molecule has 2 aliphatic rings. The van der Waals surface area contributed by atoms with Gasteiger partial charge in [-0.15, -0.1) is 0 Å². The summed E-state index contributed by atoms with van der Waals surface area (Å²) in [6, 6.07) is 0.387. The van der Waals surface area contributed by atoms with Crippen LogP contribution in [-0.4, -0.2) is 89.2 Å². The molecular weight excluding hydrogens is 322 g/mol. The number of methoxy groups -OCH3 is 1. The Morgan fingerprint density at radius 3 is 2.21 bits per heavy atom. The maximum absolute atomic E-state index is 12.3. The average Bonchev–Trinajstić information content (AvgIpc) is 2.45. The summed E-state index contributed by atoms with van der Waals surface area (Å²) in [5.74, 6) is -0.174. The van der Waals surface area contributed by atoms with Gasteiger partial charge in [0.05, 0.1) is 13.7 Å². The van der Waals surface area contributed by atoms with Gasteiger partial charge >= 0.3 is 5.97 Å². The third kappa shape index (κ3) is 4.57. The van der Waals surface area contributed by atoms with E-state index in [4.69, 9.17) is 9.16 Å². The molecule has 0 spiro atoms. The summed E-state index contributed by atoms with van der Waals surface area (Å²) in [4.78, 5) is 17.1. The van der Waals surface area contributed by atoms with Crippen molar-refractivity contribution in [1.29, 1.82) is 0 Å². The van der Waals surface area contributed by atoms with Crippen molar-refractivity contribution in [1.82, 2.24) is 15.1 Å². The Bertz CT molecular complexity index is 427. The number of hydrogen-bond donors (Lipinski definition) is 1. The van der Waals surface area contributed by atoms with Crippen LogP contribution in [0.5, 0.6) is 0 Å². The molecule has 0 aromatic carbocycles. The quantitative estimate of drug-likeness (QED) is 0.568. The zero-order valence-electron chi connectivity index (χ0n) is 16.2. The summed E-state index contributed by atoms with van der Waals surface area (Å²) in [6.07, 6.45) is 0. The molecule has 0 amide bonds. The maximum Gasteiger partial charge on any atom is 0.325 e. The van der Waals surface area contributed by atoms with Gasteiger partial charge in [0, 0.05) is 45.3 Å². The molecule has 2 fully saturated rings. The molecule has 140 valence electrons. The summed E-state index contributed by atoms with van der Waals surface area (Å²) in [5, 5.41) is 3.47. The van der Waals surface area contributed by atoms with Crippen LogP contribution in [0.4, 0.5) is 0 Å². The summed E-state index contributed by atoms with van der Waals surface area (Å²) in [7, 11) is -0.401. The fourth-order valence-corrected chi connectivity index (χ4v) is 3.92. The lowest BCUT2D eigenvalue weighted by Gasteiger charge is -2.45. The number of hydrogen-bond acceptors (Lipinski definition) is 6. The van der Waals surface area contributed by atoms with E-state index in [9.17, 15) is 4.79 Å². The summed E-state index contributed by atoms with van der Waals surface area (Å²) < 4.78 is 11.4. The lowest BCUT2D eigenvalue weighted by Crippen LogP contribution is -2.63. The Morgan fingerprint density at radius 1 is 1.21 bits per heavy atom. The van der Waals surface area contributed by atoms with Crippen LogP contribution in [0.2, 0.25) is 18.1 Å². The third-order valence-electron chi connectivity index (χ3n) is 5.95. The number of nitrogens with zero attached hydrogens (tertiary/aromatic N) is 2.